The van der Waals surface area contributed by atoms with Crippen molar-refractivity contribution in [2.24, 2.45) is 0 Å². The van der Waals surface area contributed by atoms with E-state index < -0.39 is 30.2 Å². The van der Waals surface area contributed by atoms with Crippen LogP contribution in [0.5, 0.6) is 0 Å². The third kappa shape index (κ3) is 5.43. The van der Waals surface area contributed by atoms with Gasteiger partial charge in [0.15, 0.2) is 5.78 Å². The zero-order valence-electron chi connectivity index (χ0n) is 11.7. The van der Waals surface area contributed by atoms with Gasteiger partial charge in [0.2, 0.25) is 11.8 Å². The number of Topliss-reactive ketones (excluding diaryl/α,β-unsaturated/α-hetero) is 1. The lowest BCUT2D eigenvalue weighted by molar-refractivity contribution is -0.139. The zero-order chi connectivity index (χ0) is 16.0. The smallest absolute Gasteiger partial charge is 0.305 e. The molecule has 1 aromatic carbocycles. The number of amides is 2. The van der Waals surface area contributed by atoms with Crippen LogP contribution in [0.1, 0.15) is 30.6 Å². The van der Waals surface area contributed by atoms with E-state index in [1.54, 1.807) is 12.1 Å². The van der Waals surface area contributed by atoms with Gasteiger partial charge >= 0.3 is 5.97 Å². The van der Waals surface area contributed by atoms with Gasteiger partial charge in [-0.3, -0.25) is 19.2 Å². The summed E-state index contributed by atoms with van der Waals surface area (Å²) in [5.74, 6) is -2.43. The third-order valence-corrected chi connectivity index (χ3v) is 2.63. The van der Waals surface area contributed by atoms with Gasteiger partial charge < -0.3 is 15.7 Å². The number of aliphatic carboxylic acids is 1. The van der Waals surface area contributed by atoms with Crippen molar-refractivity contribution in [2.45, 2.75) is 26.3 Å². The number of carboxylic acids is 1. The second kappa shape index (κ2) is 7.18. The molecule has 112 valence electrons. The summed E-state index contributed by atoms with van der Waals surface area (Å²) in [6, 6.07) is 4.98. The van der Waals surface area contributed by atoms with E-state index in [0.29, 0.717) is 11.3 Å². The molecule has 0 aliphatic carbocycles. The van der Waals surface area contributed by atoms with Crippen molar-refractivity contribution in [3.8, 4) is 0 Å². The van der Waals surface area contributed by atoms with Crippen LogP contribution in [0.3, 0.4) is 0 Å². The third-order valence-electron chi connectivity index (χ3n) is 2.63. The molecule has 0 saturated heterocycles. The number of hydrogen-bond donors (Lipinski definition) is 3. The summed E-state index contributed by atoms with van der Waals surface area (Å²) in [5, 5.41) is 13.5. The van der Waals surface area contributed by atoms with Crippen molar-refractivity contribution in [2.75, 3.05) is 5.32 Å². The Kier molecular flexibility index (Phi) is 5.59. The highest BCUT2D eigenvalue weighted by Gasteiger charge is 2.22. The molecule has 7 nitrogen and oxygen atoms in total. The normalized spacial score (nSPS) is 11.3. The Morgan fingerprint density at radius 2 is 1.67 bits per heavy atom. The maximum atomic E-state index is 11.9. The molecule has 1 rings (SSSR count). The Hall–Kier alpha value is -2.70. The van der Waals surface area contributed by atoms with Crippen molar-refractivity contribution < 1.29 is 24.3 Å². The molecule has 0 unspecified atom stereocenters. The molecule has 0 spiro atoms. The van der Waals surface area contributed by atoms with E-state index in [2.05, 4.69) is 10.6 Å². The van der Waals surface area contributed by atoms with Gasteiger partial charge in [0.05, 0.1) is 6.42 Å². The molecule has 0 aliphatic rings. The minimum atomic E-state index is -1.20. The maximum absolute atomic E-state index is 11.9. The number of ketones is 1. The van der Waals surface area contributed by atoms with Crippen LogP contribution in [0, 0.1) is 0 Å². The lowest BCUT2D eigenvalue weighted by atomic mass is 10.1. The number of carboxylic acid groups (broad SMARTS) is 1. The second-order valence-electron chi connectivity index (χ2n) is 4.47. The Balaban J connectivity index is 2.77. The molecule has 1 atom stereocenters. The summed E-state index contributed by atoms with van der Waals surface area (Å²) in [6.07, 6.45) is -0.517. The van der Waals surface area contributed by atoms with Crippen LogP contribution in [0.25, 0.3) is 0 Å². The highest BCUT2D eigenvalue weighted by molar-refractivity contribution is 5.99. The lowest BCUT2D eigenvalue weighted by Gasteiger charge is -2.15. The topological polar surface area (TPSA) is 113 Å². The van der Waals surface area contributed by atoms with Crippen LogP contribution in [-0.4, -0.2) is 34.7 Å². The van der Waals surface area contributed by atoms with E-state index in [-0.39, 0.29) is 5.78 Å². The van der Waals surface area contributed by atoms with Gasteiger partial charge in [0.1, 0.15) is 6.04 Å². The van der Waals surface area contributed by atoms with Gasteiger partial charge in [-0.05, 0) is 31.2 Å². The Morgan fingerprint density at radius 3 is 2.10 bits per heavy atom. The highest BCUT2D eigenvalue weighted by atomic mass is 16.4. The average molecular weight is 292 g/mol. The Labute approximate surface area is 121 Å². The first-order chi connectivity index (χ1) is 9.79. The van der Waals surface area contributed by atoms with Crippen LogP contribution in [0.2, 0.25) is 0 Å². The predicted octanol–water partition coefficient (Wildman–Crippen LogP) is 0.807. The molecular weight excluding hydrogens is 276 g/mol. The summed E-state index contributed by atoms with van der Waals surface area (Å²) < 4.78 is 0. The van der Waals surface area contributed by atoms with E-state index in [4.69, 9.17) is 5.11 Å². The van der Waals surface area contributed by atoms with Gasteiger partial charge in [0, 0.05) is 18.2 Å². The molecule has 3 N–H and O–H groups in total. The van der Waals surface area contributed by atoms with E-state index in [1.165, 1.54) is 26.0 Å². The molecule has 0 aromatic heterocycles. The fourth-order valence-electron chi connectivity index (χ4n) is 1.65. The molecule has 21 heavy (non-hydrogen) atoms. The molecule has 2 amide bonds. The summed E-state index contributed by atoms with van der Waals surface area (Å²) in [6.45, 7) is 2.62. The minimum Gasteiger partial charge on any atom is -0.481 e. The number of anilines is 1. The molecule has 0 saturated carbocycles. The molecule has 0 radical (unpaired) electrons. The summed E-state index contributed by atoms with van der Waals surface area (Å²) in [7, 11) is 0. The van der Waals surface area contributed by atoms with Gasteiger partial charge in [-0.2, -0.15) is 0 Å². The second-order valence-corrected chi connectivity index (χ2v) is 4.47. The number of benzene rings is 1. The molecule has 0 heterocycles. The SMILES string of the molecule is CC(=O)N[C@@H](CC(=O)O)C(=O)Nc1ccc(C(C)=O)cc1. The molecule has 0 fully saturated rings. The molecule has 7 heteroatoms. The Morgan fingerprint density at radius 1 is 1.10 bits per heavy atom. The largest absolute Gasteiger partial charge is 0.481 e. The molecule has 0 bridgehead atoms. The monoisotopic (exact) mass is 292 g/mol. The van der Waals surface area contributed by atoms with Crippen molar-refractivity contribution >= 4 is 29.3 Å². The van der Waals surface area contributed by atoms with Crippen molar-refractivity contribution in [1.82, 2.24) is 5.32 Å². The van der Waals surface area contributed by atoms with Crippen LogP contribution >= 0.6 is 0 Å². The lowest BCUT2D eigenvalue weighted by Crippen LogP contribution is -2.44. The van der Waals surface area contributed by atoms with E-state index in [9.17, 15) is 19.2 Å². The summed E-state index contributed by atoms with van der Waals surface area (Å²) in [5.41, 5.74) is 0.905. The Bertz CT molecular complexity index is 549. The molecule has 1 aromatic rings. The van der Waals surface area contributed by atoms with Crippen LogP contribution in [0.15, 0.2) is 24.3 Å². The van der Waals surface area contributed by atoms with Gasteiger partial charge in [-0.25, -0.2) is 0 Å². The van der Waals surface area contributed by atoms with Crippen molar-refractivity contribution in [3.05, 3.63) is 29.8 Å². The van der Waals surface area contributed by atoms with Gasteiger partial charge in [-0.15, -0.1) is 0 Å². The van der Waals surface area contributed by atoms with Crippen LogP contribution < -0.4 is 10.6 Å². The first kappa shape index (κ1) is 16.4. The zero-order valence-corrected chi connectivity index (χ0v) is 11.7. The van der Waals surface area contributed by atoms with E-state index in [1.807, 2.05) is 0 Å². The van der Waals surface area contributed by atoms with Crippen LogP contribution in [-0.2, 0) is 14.4 Å². The fraction of sp³-hybridized carbons (Fsp3) is 0.286. The number of rotatable bonds is 6. The predicted molar refractivity (Wildman–Crippen MR) is 74.9 cm³/mol. The quantitative estimate of drug-likeness (QED) is 0.671. The number of carbonyl (C=O) groups is 4. The number of hydrogen-bond acceptors (Lipinski definition) is 4. The van der Waals surface area contributed by atoms with Crippen LogP contribution in [0.4, 0.5) is 5.69 Å². The van der Waals surface area contributed by atoms with Crippen molar-refractivity contribution in [1.29, 1.82) is 0 Å². The number of nitrogens with one attached hydrogen (secondary N) is 2. The molecule has 0 aliphatic heterocycles. The fourth-order valence-corrected chi connectivity index (χ4v) is 1.65. The first-order valence-electron chi connectivity index (χ1n) is 6.20. The summed E-state index contributed by atoms with van der Waals surface area (Å²) >= 11 is 0. The average Bonchev–Trinajstić information content (AvgIpc) is 2.37. The summed E-state index contributed by atoms with van der Waals surface area (Å²) in [4.78, 5) is 44.8. The highest BCUT2D eigenvalue weighted by Crippen LogP contribution is 2.11. The maximum Gasteiger partial charge on any atom is 0.305 e. The van der Waals surface area contributed by atoms with E-state index in [0.717, 1.165) is 0 Å². The van der Waals surface area contributed by atoms with Crippen molar-refractivity contribution in [3.63, 3.8) is 0 Å². The first-order valence-corrected chi connectivity index (χ1v) is 6.20. The minimum absolute atomic E-state index is 0.102. The van der Waals surface area contributed by atoms with Gasteiger partial charge in [0.25, 0.3) is 0 Å². The molecular formula is C14H16N2O5. The number of carbonyl (C=O) groups excluding carboxylic acids is 3. The standard InChI is InChI=1S/C14H16N2O5/c1-8(17)10-3-5-11(6-4-10)16-14(21)12(7-13(19)20)15-9(2)18/h3-6,12H,7H2,1-2H3,(H,15,18)(H,16,21)(H,19,20)/t12-/m0/s1. The van der Waals surface area contributed by atoms with E-state index >= 15 is 0 Å². The van der Waals surface area contributed by atoms with Gasteiger partial charge in [-0.1, -0.05) is 0 Å².